The normalized spacial score (nSPS) is 11.6. The highest BCUT2D eigenvalue weighted by atomic mass is 16.6. The lowest BCUT2D eigenvalue weighted by Crippen LogP contribution is -2.32. The van der Waals surface area contributed by atoms with Gasteiger partial charge in [0.05, 0.1) is 178 Å². The predicted octanol–water partition coefficient (Wildman–Crippen LogP) is 12.1. The van der Waals surface area contributed by atoms with Crippen LogP contribution in [0.3, 0.4) is 0 Å². The number of benzene rings is 4. The minimum atomic E-state index is -0.465. The fraction of sp³-hybridized carbons (Fsp3) is 0.400. The van der Waals surface area contributed by atoms with Crippen molar-refractivity contribution in [2.24, 2.45) is 0 Å². The second-order valence-corrected chi connectivity index (χ2v) is 23.9. The molecule has 28 heteroatoms. The average molecular weight is 1490 g/mol. The molecule has 0 fully saturated rings. The Labute approximate surface area is 630 Å². The summed E-state index contributed by atoms with van der Waals surface area (Å²) in [6, 6.07) is 35.8. The van der Waals surface area contributed by atoms with Crippen molar-refractivity contribution in [3.63, 3.8) is 0 Å². The Hall–Kier alpha value is -9.92. The minimum Gasteiger partial charge on any atom is -0.379 e. The molecule has 8 bridgehead atoms. The maximum Gasteiger partial charge on any atom is 0.319 e. The SMILES string of the molecule is CCOCCOCCOCCNC(=O)Nc1ccccc1-c1c2nc(c(-c3ccccc3NC(=O)NCCOCCOCCOCC)c3ccc([nH]3)c(-c3ccccc3NC(=O)NCCOCCOCCOCC)c3nc(c(-c4ccccc4NC(=O)NCCOCCOCCOCC)c4ccc1[nH]4)C=C3)C=C2. The van der Waals surface area contributed by atoms with Crippen LogP contribution in [0.2, 0.25) is 0 Å². The first-order chi connectivity index (χ1) is 53.2. The molecule has 3 aromatic heterocycles. The summed E-state index contributed by atoms with van der Waals surface area (Å²) in [6.45, 7) is 18.8. The quantitative estimate of drug-likeness (QED) is 0.0158. The first-order valence-electron chi connectivity index (χ1n) is 36.8. The Balaban J connectivity index is 1.16. The maximum absolute atomic E-state index is 14.0. The number of ether oxygens (including phenoxy) is 12. The van der Waals surface area contributed by atoms with E-state index in [2.05, 4.69) is 52.5 Å². The van der Waals surface area contributed by atoms with Crippen LogP contribution in [-0.4, -0.2) is 229 Å². The van der Waals surface area contributed by atoms with Crippen molar-refractivity contribution in [3.8, 4) is 44.5 Å². The number of aromatic amines is 2. The van der Waals surface area contributed by atoms with Gasteiger partial charge in [-0.3, -0.25) is 0 Å². The summed E-state index contributed by atoms with van der Waals surface area (Å²) in [4.78, 5) is 74.6. The fourth-order valence-electron chi connectivity index (χ4n) is 11.5. The van der Waals surface area contributed by atoms with Gasteiger partial charge in [-0.1, -0.05) is 72.8 Å². The number of rotatable bonds is 48. The number of nitrogens with zero attached hydrogens (tertiary/aromatic N) is 2. The third kappa shape index (κ3) is 26.2. The summed E-state index contributed by atoms with van der Waals surface area (Å²) in [5, 5.41) is 24.2. The Morgan fingerprint density at radius 1 is 0.269 bits per heavy atom. The average Bonchev–Trinajstić information content (AvgIpc) is 1.60. The molecule has 0 aliphatic carbocycles. The Kier molecular flexibility index (Phi) is 35.8. The van der Waals surface area contributed by atoms with Crippen LogP contribution in [0.1, 0.15) is 50.5 Å². The topological polar surface area (TPSA) is 333 Å². The van der Waals surface area contributed by atoms with E-state index in [9.17, 15) is 19.2 Å². The summed E-state index contributed by atoms with van der Waals surface area (Å²) in [6.07, 6.45) is 7.67. The van der Waals surface area contributed by atoms with Gasteiger partial charge < -0.3 is 109 Å². The van der Waals surface area contributed by atoms with Crippen molar-refractivity contribution in [3.05, 3.63) is 144 Å². The number of carbonyl (C=O) groups is 4. The predicted molar refractivity (Wildman–Crippen MR) is 421 cm³/mol. The summed E-state index contributed by atoms with van der Waals surface area (Å²) in [5.41, 5.74) is 11.2. The van der Waals surface area contributed by atoms with Crippen LogP contribution in [0.25, 0.3) is 90.9 Å². The molecule has 0 spiro atoms. The van der Waals surface area contributed by atoms with Crippen molar-refractivity contribution < 1.29 is 76.0 Å². The van der Waals surface area contributed by atoms with Gasteiger partial charge in [-0.2, -0.15) is 0 Å². The number of hydrogen-bond acceptors (Lipinski definition) is 18. The standard InChI is InChI=1S/C80H102N12O16/c1-5-97-41-45-105-53-49-101-37-33-81-77(93)89-61-21-13-9-17-57(61)73-65-25-27-67(85-65)74(58-18-10-14-22-62(58)90-78(94)82-34-38-102-50-54-106-46-42-98-6-2)69-29-31-71(87-69)76(60-20-12-16-24-64(60)92-80(96)84-36-40-104-52-56-108-48-44-100-8-4)72-32-30-70(88-72)75(68-28-26-66(73)86-68)59-19-11-15-23-63(59)91-79(95)83-35-39-103-51-55-107-47-43-99-7-3/h9-32,85,88H,5-8,33-56H2,1-4H3,(H2,81,89,93)(H2,82,90,94)(H2,83,91,95)(H2,84,92,96). The van der Waals surface area contributed by atoms with Crippen molar-refractivity contribution in [1.82, 2.24) is 41.2 Å². The summed E-state index contributed by atoms with van der Waals surface area (Å²) in [5.74, 6) is 0. The molecule has 8 amide bonds. The number of amides is 8. The molecule has 0 saturated heterocycles. The molecule has 578 valence electrons. The first-order valence-corrected chi connectivity index (χ1v) is 36.8. The lowest BCUT2D eigenvalue weighted by atomic mass is 10.0. The highest BCUT2D eigenvalue weighted by Crippen LogP contribution is 2.43. The lowest BCUT2D eigenvalue weighted by molar-refractivity contribution is 0.0179. The molecule has 4 aromatic carbocycles. The van der Waals surface area contributed by atoms with Crippen LogP contribution in [-0.2, 0) is 56.8 Å². The van der Waals surface area contributed by atoms with E-state index in [1.165, 1.54) is 0 Å². The molecule has 28 nitrogen and oxygen atoms in total. The third-order valence-corrected chi connectivity index (χ3v) is 16.5. The number of fused-ring (bicyclic) bond motifs is 8. The summed E-state index contributed by atoms with van der Waals surface area (Å²) in [7, 11) is 0. The Bertz CT molecular complexity index is 3690. The molecule has 2 aliphatic rings. The van der Waals surface area contributed by atoms with E-state index in [1.807, 2.05) is 173 Å². The van der Waals surface area contributed by atoms with Crippen LogP contribution in [0.5, 0.6) is 0 Å². The van der Waals surface area contributed by atoms with Gasteiger partial charge in [0.2, 0.25) is 0 Å². The van der Waals surface area contributed by atoms with Crippen molar-refractivity contribution in [2.75, 3.05) is 206 Å². The molecular formula is C80H102N12O16. The molecule has 0 radical (unpaired) electrons. The highest BCUT2D eigenvalue weighted by Gasteiger charge is 2.24. The van der Waals surface area contributed by atoms with Gasteiger partial charge in [0.15, 0.2) is 0 Å². The third-order valence-electron chi connectivity index (χ3n) is 16.5. The van der Waals surface area contributed by atoms with Gasteiger partial charge >= 0.3 is 24.1 Å². The monoisotopic (exact) mass is 1490 g/mol. The molecule has 9 rings (SSSR count). The zero-order chi connectivity index (χ0) is 75.6. The number of urea groups is 4. The Morgan fingerprint density at radius 3 is 0.676 bits per heavy atom. The first kappa shape index (κ1) is 82.1. The molecule has 5 heterocycles. The smallest absolute Gasteiger partial charge is 0.319 e. The second-order valence-electron chi connectivity index (χ2n) is 23.9. The van der Waals surface area contributed by atoms with Gasteiger partial charge in [-0.05, 0) is 101 Å². The van der Waals surface area contributed by atoms with Crippen LogP contribution >= 0.6 is 0 Å². The molecule has 108 heavy (non-hydrogen) atoms. The van der Waals surface area contributed by atoms with Crippen LogP contribution < -0.4 is 42.5 Å². The number of aromatic nitrogens is 4. The van der Waals surface area contributed by atoms with Gasteiger partial charge in [0.1, 0.15) is 0 Å². The van der Waals surface area contributed by atoms with E-state index in [-0.39, 0.29) is 52.6 Å². The number of nitrogens with one attached hydrogen (secondary N) is 10. The van der Waals surface area contributed by atoms with Gasteiger partial charge in [0.25, 0.3) is 0 Å². The molecule has 0 atom stereocenters. The summed E-state index contributed by atoms with van der Waals surface area (Å²) >= 11 is 0. The van der Waals surface area contributed by atoms with E-state index < -0.39 is 24.1 Å². The Morgan fingerprint density at radius 2 is 0.463 bits per heavy atom. The molecule has 10 N–H and O–H groups in total. The highest BCUT2D eigenvalue weighted by molar-refractivity contribution is 6.07. The van der Waals surface area contributed by atoms with E-state index >= 15 is 0 Å². The number of hydrogen-bond donors (Lipinski definition) is 10. The fourth-order valence-corrected chi connectivity index (χ4v) is 11.5. The van der Waals surface area contributed by atoms with Gasteiger partial charge in [-0.15, -0.1) is 0 Å². The zero-order valence-electron chi connectivity index (χ0n) is 62.1. The molecule has 0 unspecified atom stereocenters. The van der Waals surface area contributed by atoms with Crippen molar-refractivity contribution in [1.29, 1.82) is 0 Å². The van der Waals surface area contributed by atoms with Crippen LogP contribution in [0.15, 0.2) is 121 Å². The lowest BCUT2D eigenvalue weighted by Gasteiger charge is -2.15. The maximum atomic E-state index is 14.0. The zero-order valence-corrected chi connectivity index (χ0v) is 62.1. The minimum absolute atomic E-state index is 0.215. The number of anilines is 4. The van der Waals surface area contributed by atoms with Crippen LogP contribution in [0, 0.1) is 0 Å². The van der Waals surface area contributed by atoms with E-state index in [0.717, 1.165) is 0 Å². The second kappa shape index (κ2) is 47.0. The van der Waals surface area contributed by atoms with E-state index in [0.29, 0.717) is 244 Å². The van der Waals surface area contributed by atoms with Crippen molar-refractivity contribution in [2.45, 2.75) is 27.7 Å². The van der Waals surface area contributed by atoms with Crippen LogP contribution in [0.4, 0.5) is 41.9 Å². The van der Waals surface area contributed by atoms with Crippen molar-refractivity contribution >= 4 is 93.2 Å². The molecular weight excluding hydrogens is 1380 g/mol. The number of para-hydroxylation sites is 4. The van der Waals surface area contributed by atoms with Gasteiger partial charge in [0, 0.05) is 119 Å². The van der Waals surface area contributed by atoms with Gasteiger partial charge in [-0.25, -0.2) is 29.1 Å². The van der Waals surface area contributed by atoms with E-state index in [1.54, 1.807) is 0 Å². The van der Waals surface area contributed by atoms with E-state index in [4.69, 9.17) is 66.8 Å². The largest absolute Gasteiger partial charge is 0.379 e. The number of carbonyl (C=O) groups excluding carboxylic acids is 4. The molecule has 0 saturated carbocycles. The number of H-pyrrole nitrogens is 2. The summed E-state index contributed by atoms with van der Waals surface area (Å²) < 4.78 is 66.8. The molecule has 2 aliphatic heterocycles. The molecule has 7 aromatic rings.